The molecular weight excluding hydrogens is 260 g/mol. The first-order chi connectivity index (χ1) is 9.11. The Morgan fingerprint density at radius 1 is 1.53 bits per heavy atom. The SMILES string of the molecule is CC1CN(C(=O)c2sccc2C#CCN)CC(C)O1. The molecule has 0 saturated carbocycles. The molecule has 19 heavy (non-hydrogen) atoms. The van der Waals surface area contributed by atoms with Crippen molar-refractivity contribution in [2.24, 2.45) is 5.73 Å². The van der Waals surface area contributed by atoms with Gasteiger partial charge >= 0.3 is 0 Å². The topological polar surface area (TPSA) is 55.6 Å². The summed E-state index contributed by atoms with van der Waals surface area (Å²) < 4.78 is 5.64. The fourth-order valence-electron chi connectivity index (χ4n) is 2.21. The molecule has 1 aliphatic heterocycles. The molecule has 0 bridgehead atoms. The first kappa shape index (κ1) is 14.1. The van der Waals surface area contributed by atoms with Crippen LogP contribution in [0.4, 0.5) is 0 Å². The Morgan fingerprint density at radius 3 is 2.84 bits per heavy atom. The predicted molar refractivity (Wildman–Crippen MR) is 76.2 cm³/mol. The Kier molecular flexibility index (Phi) is 4.59. The highest BCUT2D eigenvalue weighted by Crippen LogP contribution is 2.21. The Labute approximate surface area is 117 Å². The van der Waals surface area contributed by atoms with Crippen molar-refractivity contribution in [1.29, 1.82) is 0 Å². The van der Waals surface area contributed by atoms with Crippen LogP contribution in [-0.2, 0) is 4.74 Å². The third-order valence-corrected chi connectivity index (χ3v) is 3.79. The van der Waals surface area contributed by atoms with E-state index >= 15 is 0 Å². The maximum absolute atomic E-state index is 12.5. The van der Waals surface area contributed by atoms with E-state index in [9.17, 15) is 4.79 Å². The monoisotopic (exact) mass is 278 g/mol. The normalized spacial score (nSPS) is 22.8. The molecule has 0 spiro atoms. The predicted octanol–water partition coefficient (Wildman–Crippen LogP) is 1.31. The number of morpholine rings is 1. The van der Waals surface area contributed by atoms with Crippen molar-refractivity contribution in [2.75, 3.05) is 19.6 Å². The van der Waals surface area contributed by atoms with Crippen molar-refractivity contribution in [3.63, 3.8) is 0 Å². The highest BCUT2D eigenvalue weighted by molar-refractivity contribution is 7.12. The Morgan fingerprint density at radius 2 is 2.21 bits per heavy atom. The first-order valence-corrected chi connectivity index (χ1v) is 7.21. The van der Waals surface area contributed by atoms with E-state index in [1.165, 1.54) is 11.3 Å². The highest BCUT2D eigenvalue weighted by atomic mass is 32.1. The van der Waals surface area contributed by atoms with Gasteiger partial charge in [-0.3, -0.25) is 4.79 Å². The van der Waals surface area contributed by atoms with Crippen molar-refractivity contribution < 1.29 is 9.53 Å². The van der Waals surface area contributed by atoms with Crippen LogP contribution >= 0.6 is 11.3 Å². The van der Waals surface area contributed by atoms with Gasteiger partial charge < -0.3 is 15.4 Å². The van der Waals surface area contributed by atoms with E-state index in [1.54, 1.807) is 0 Å². The van der Waals surface area contributed by atoms with Crippen LogP contribution in [-0.4, -0.2) is 42.6 Å². The molecule has 1 amide bonds. The summed E-state index contributed by atoms with van der Waals surface area (Å²) in [6.45, 7) is 5.53. The van der Waals surface area contributed by atoms with Gasteiger partial charge in [-0.2, -0.15) is 0 Å². The van der Waals surface area contributed by atoms with E-state index in [4.69, 9.17) is 10.5 Å². The number of rotatable bonds is 1. The number of thiophene rings is 1. The molecule has 5 heteroatoms. The molecule has 2 heterocycles. The summed E-state index contributed by atoms with van der Waals surface area (Å²) >= 11 is 1.43. The van der Waals surface area contributed by atoms with Gasteiger partial charge in [-0.05, 0) is 25.3 Å². The molecule has 2 unspecified atom stereocenters. The number of hydrogen-bond donors (Lipinski definition) is 1. The van der Waals surface area contributed by atoms with Gasteiger partial charge in [-0.1, -0.05) is 11.8 Å². The molecule has 1 aliphatic rings. The maximum atomic E-state index is 12.5. The van der Waals surface area contributed by atoms with E-state index in [2.05, 4.69) is 11.8 Å². The van der Waals surface area contributed by atoms with Crippen LogP contribution in [0.1, 0.15) is 29.1 Å². The van der Waals surface area contributed by atoms with Gasteiger partial charge in [0.1, 0.15) is 4.88 Å². The summed E-state index contributed by atoms with van der Waals surface area (Å²) in [5.74, 6) is 5.79. The third kappa shape index (κ3) is 3.35. The van der Waals surface area contributed by atoms with Crippen molar-refractivity contribution >= 4 is 17.2 Å². The van der Waals surface area contributed by atoms with Crippen molar-refractivity contribution in [3.05, 3.63) is 21.9 Å². The summed E-state index contributed by atoms with van der Waals surface area (Å²) in [6.07, 6.45) is 0.150. The second-order valence-electron chi connectivity index (χ2n) is 4.64. The minimum atomic E-state index is 0.0401. The second-order valence-corrected chi connectivity index (χ2v) is 5.55. The largest absolute Gasteiger partial charge is 0.372 e. The number of nitrogens with two attached hydrogens (primary N) is 1. The Hall–Kier alpha value is -1.35. The minimum Gasteiger partial charge on any atom is -0.372 e. The zero-order valence-corrected chi connectivity index (χ0v) is 12.0. The third-order valence-electron chi connectivity index (χ3n) is 2.89. The van der Waals surface area contributed by atoms with Gasteiger partial charge in [0.05, 0.1) is 18.8 Å². The molecule has 4 nitrogen and oxygen atoms in total. The number of carbonyl (C=O) groups excluding carboxylic acids is 1. The number of ether oxygens (including phenoxy) is 1. The highest BCUT2D eigenvalue weighted by Gasteiger charge is 2.28. The molecule has 2 rings (SSSR count). The first-order valence-electron chi connectivity index (χ1n) is 6.33. The molecule has 1 aromatic rings. The summed E-state index contributed by atoms with van der Waals surface area (Å²) in [5, 5.41) is 1.89. The van der Waals surface area contributed by atoms with Crippen molar-refractivity contribution in [1.82, 2.24) is 4.90 Å². The van der Waals surface area contributed by atoms with Crippen LogP contribution in [0.2, 0.25) is 0 Å². The van der Waals surface area contributed by atoms with Crippen LogP contribution in [0.5, 0.6) is 0 Å². The van der Waals surface area contributed by atoms with E-state index in [0.29, 0.717) is 24.5 Å². The number of carbonyl (C=O) groups is 1. The van der Waals surface area contributed by atoms with Gasteiger partial charge in [0, 0.05) is 18.7 Å². The van der Waals surface area contributed by atoms with Crippen LogP contribution in [0, 0.1) is 11.8 Å². The lowest BCUT2D eigenvalue weighted by Gasteiger charge is -2.35. The summed E-state index contributed by atoms with van der Waals surface area (Å²) in [7, 11) is 0. The lowest BCUT2D eigenvalue weighted by atomic mass is 10.2. The summed E-state index contributed by atoms with van der Waals surface area (Å²) in [4.78, 5) is 15.1. The quantitative estimate of drug-likeness (QED) is 0.788. The van der Waals surface area contributed by atoms with E-state index in [-0.39, 0.29) is 18.1 Å². The fourth-order valence-corrected chi connectivity index (χ4v) is 3.02. The lowest BCUT2D eigenvalue weighted by molar-refractivity contribution is -0.0585. The average Bonchev–Trinajstić information content (AvgIpc) is 2.82. The molecule has 2 atom stereocenters. The van der Waals surface area contributed by atoms with Crippen LogP contribution < -0.4 is 5.73 Å². The number of nitrogens with zero attached hydrogens (tertiary/aromatic N) is 1. The second kappa shape index (κ2) is 6.20. The smallest absolute Gasteiger partial charge is 0.265 e. The van der Waals surface area contributed by atoms with Gasteiger partial charge in [0.15, 0.2) is 0 Å². The summed E-state index contributed by atoms with van der Waals surface area (Å²) in [6, 6.07) is 1.87. The van der Waals surface area contributed by atoms with E-state index in [0.717, 1.165) is 5.56 Å². The zero-order chi connectivity index (χ0) is 13.8. The molecule has 0 aromatic carbocycles. The molecule has 1 saturated heterocycles. The molecule has 0 radical (unpaired) electrons. The van der Waals surface area contributed by atoms with Crippen LogP contribution in [0.25, 0.3) is 0 Å². The molecule has 0 aliphatic carbocycles. The lowest BCUT2D eigenvalue weighted by Crippen LogP contribution is -2.48. The van der Waals surface area contributed by atoms with Crippen molar-refractivity contribution in [3.8, 4) is 11.8 Å². The molecule has 2 N–H and O–H groups in total. The summed E-state index contributed by atoms with van der Waals surface area (Å²) in [5.41, 5.74) is 6.14. The van der Waals surface area contributed by atoms with Crippen molar-refractivity contribution in [2.45, 2.75) is 26.1 Å². The molecular formula is C14H18N2O2S. The minimum absolute atomic E-state index is 0.0401. The average molecular weight is 278 g/mol. The Balaban J connectivity index is 2.17. The van der Waals surface area contributed by atoms with Crippen LogP contribution in [0.15, 0.2) is 11.4 Å². The zero-order valence-electron chi connectivity index (χ0n) is 11.2. The Bertz CT molecular complexity index is 505. The molecule has 102 valence electrons. The fraction of sp³-hybridized carbons (Fsp3) is 0.500. The van der Waals surface area contributed by atoms with E-state index in [1.807, 2.05) is 30.2 Å². The van der Waals surface area contributed by atoms with Gasteiger partial charge in [-0.25, -0.2) is 0 Å². The van der Waals surface area contributed by atoms with E-state index < -0.39 is 0 Å². The van der Waals surface area contributed by atoms with Gasteiger partial charge in [-0.15, -0.1) is 11.3 Å². The molecule has 1 fully saturated rings. The van der Waals surface area contributed by atoms with Crippen LogP contribution in [0.3, 0.4) is 0 Å². The molecule has 1 aromatic heterocycles. The number of amides is 1. The standard InChI is InChI=1S/C14H18N2O2S/c1-10-8-16(9-11(2)18-10)14(17)13-12(4-3-6-15)5-7-19-13/h5,7,10-11H,6,8-9,15H2,1-2H3. The maximum Gasteiger partial charge on any atom is 0.265 e. The number of hydrogen-bond acceptors (Lipinski definition) is 4. The van der Waals surface area contributed by atoms with Gasteiger partial charge in [0.25, 0.3) is 5.91 Å². The van der Waals surface area contributed by atoms with Gasteiger partial charge in [0.2, 0.25) is 0 Å².